The Morgan fingerprint density at radius 3 is 2.62 bits per heavy atom. The number of anilines is 2. The molecule has 34 heavy (non-hydrogen) atoms. The van der Waals surface area contributed by atoms with E-state index in [9.17, 15) is 14.4 Å². The predicted molar refractivity (Wildman–Crippen MR) is 130 cm³/mol. The Hall–Kier alpha value is -3.79. The molecule has 1 aromatic heterocycles. The van der Waals surface area contributed by atoms with Gasteiger partial charge in [0.2, 0.25) is 11.8 Å². The first-order chi connectivity index (χ1) is 16.4. The number of aryl methyl sites for hydroxylation is 1. The van der Waals surface area contributed by atoms with Crippen molar-refractivity contribution in [2.75, 3.05) is 24.9 Å². The third kappa shape index (κ3) is 5.07. The van der Waals surface area contributed by atoms with Crippen molar-refractivity contribution in [2.45, 2.75) is 30.2 Å². The number of carbonyl (C=O) groups is 2. The molecule has 3 N–H and O–H groups in total. The highest BCUT2D eigenvalue weighted by molar-refractivity contribution is 7.98. The lowest BCUT2D eigenvalue weighted by Gasteiger charge is -2.24. The predicted octanol–water partition coefficient (Wildman–Crippen LogP) is 3.45. The number of hydrogen-bond donors (Lipinski definition) is 3. The molecule has 1 aliphatic heterocycles. The van der Waals surface area contributed by atoms with Crippen molar-refractivity contribution in [3.63, 3.8) is 0 Å². The highest BCUT2D eigenvalue weighted by Crippen LogP contribution is 2.33. The number of carbonyl (C=O) groups excluding carboxylic acids is 2. The highest BCUT2D eigenvalue weighted by atomic mass is 32.2. The lowest BCUT2D eigenvalue weighted by Crippen LogP contribution is -2.36. The van der Waals surface area contributed by atoms with Gasteiger partial charge in [0.25, 0.3) is 5.56 Å². The van der Waals surface area contributed by atoms with Crippen LogP contribution in [0.1, 0.15) is 29.0 Å². The van der Waals surface area contributed by atoms with Crippen LogP contribution in [0, 0.1) is 6.92 Å². The zero-order valence-corrected chi connectivity index (χ0v) is 19.7. The Kier molecular flexibility index (Phi) is 6.87. The zero-order chi connectivity index (χ0) is 24.2. The van der Waals surface area contributed by atoms with Crippen molar-refractivity contribution < 1.29 is 19.1 Å². The smallest absolute Gasteiger partial charge is 0.257 e. The zero-order valence-electron chi connectivity index (χ0n) is 18.9. The fraction of sp³-hybridized carbons (Fsp3) is 0.250. The molecule has 1 unspecified atom stereocenters. The van der Waals surface area contributed by atoms with Crippen LogP contribution in [0.2, 0.25) is 0 Å². The van der Waals surface area contributed by atoms with Gasteiger partial charge in [-0.3, -0.25) is 14.4 Å². The van der Waals surface area contributed by atoms with E-state index < -0.39 is 17.4 Å². The summed E-state index contributed by atoms with van der Waals surface area (Å²) in [5.74, 6) is -0.237. The molecule has 2 amide bonds. The van der Waals surface area contributed by atoms with Crippen molar-refractivity contribution >= 4 is 35.1 Å². The minimum atomic E-state index is -0.997. The normalized spacial score (nSPS) is 14.7. The molecule has 0 spiro atoms. The molecule has 2 heterocycles. The van der Waals surface area contributed by atoms with Crippen LogP contribution in [-0.4, -0.2) is 36.0 Å². The summed E-state index contributed by atoms with van der Waals surface area (Å²) in [6, 6.07) is 13.0. The number of benzene rings is 2. The summed E-state index contributed by atoms with van der Waals surface area (Å²) in [7, 11) is 3.00. The van der Waals surface area contributed by atoms with Gasteiger partial charge in [-0.1, -0.05) is 41.6 Å². The number of methoxy groups -OCH3 is 2. The summed E-state index contributed by atoms with van der Waals surface area (Å²) in [5, 5.41) is 5.74. The van der Waals surface area contributed by atoms with E-state index in [1.54, 1.807) is 18.2 Å². The molecular formula is C24H24N4O5S. The maximum absolute atomic E-state index is 13.1. The van der Waals surface area contributed by atoms with Gasteiger partial charge in [-0.15, -0.1) is 0 Å². The summed E-state index contributed by atoms with van der Waals surface area (Å²) in [6.45, 7) is 2.01. The number of nitrogens with one attached hydrogen (secondary N) is 3. The summed E-state index contributed by atoms with van der Waals surface area (Å²) in [4.78, 5) is 45.5. The second-order valence-corrected chi connectivity index (χ2v) is 8.73. The molecule has 0 aliphatic carbocycles. The average molecular weight is 481 g/mol. The third-order valence-corrected chi connectivity index (χ3v) is 6.35. The van der Waals surface area contributed by atoms with E-state index in [-0.39, 0.29) is 23.7 Å². The largest absolute Gasteiger partial charge is 0.497 e. The highest BCUT2D eigenvalue weighted by Gasteiger charge is 2.35. The van der Waals surface area contributed by atoms with E-state index in [1.165, 1.54) is 26.0 Å². The van der Waals surface area contributed by atoms with Gasteiger partial charge in [0, 0.05) is 18.2 Å². The quantitative estimate of drug-likeness (QED) is 0.350. The first kappa shape index (κ1) is 23.4. The lowest BCUT2D eigenvalue weighted by atomic mass is 9.92. The van der Waals surface area contributed by atoms with Crippen LogP contribution in [0.3, 0.4) is 0 Å². The minimum absolute atomic E-state index is 0.105. The Morgan fingerprint density at radius 2 is 1.91 bits per heavy atom. The van der Waals surface area contributed by atoms with E-state index in [4.69, 9.17) is 9.47 Å². The molecular weight excluding hydrogens is 456 g/mol. The maximum atomic E-state index is 13.1. The lowest BCUT2D eigenvalue weighted by molar-refractivity contribution is -0.123. The number of thioether (sulfide) groups is 1. The molecule has 10 heteroatoms. The van der Waals surface area contributed by atoms with Gasteiger partial charge < -0.3 is 25.1 Å². The molecule has 176 valence electrons. The maximum Gasteiger partial charge on any atom is 0.257 e. The van der Waals surface area contributed by atoms with Crippen molar-refractivity contribution in [1.82, 2.24) is 9.97 Å². The van der Waals surface area contributed by atoms with Crippen LogP contribution >= 0.6 is 11.8 Å². The van der Waals surface area contributed by atoms with Crippen molar-refractivity contribution in [2.24, 2.45) is 0 Å². The second-order valence-electron chi connectivity index (χ2n) is 7.77. The van der Waals surface area contributed by atoms with Crippen LogP contribution in [0.5, 0.6) is 11.5 Å². The SMILES string of the molecule is COc1ccc(NC(=O)C2CC(=O)Nc3nc(SCc4ccc(C)cc4)[nH]c(=O)c32)c(OC)c1. The van der Waals surface area contributed by atoms with Gasteiger partial charge in [-0.05, 0) is 24.6 Å². The van der Waals surface area contributed by atoms with Crippen LogP contribution in [-0.2, 0) is 15.3 Å². The molecule has 9 nitrogen and oxygen atoms in total. The number of aromatic amines is 1. The van der Waals surface area contributed by atoms with Gasteiger partial charge >= 0.3 is 0 Å². The molecule has 0 saturated heterocycles. The molecule has 0 fully saturated rings. The average Bonchev–Trinajstić information content (AvgIpc) is 2.83. The number of hydrogen-bond acceptors (Lipinski definition) is 7. The Balaban J connectivity index is 1.57. The summed E-state index contributed by atoms with van der Waals surface area (Å²) in [6.07, 6.45) is -0.169. The number of fused-ring (bicyclic) bond motifs is 1. The number of H-pyrrole nitrogens is 1. The van der Waals surface area contributed by atoms with Crippen molar-refractivity contribution in [3.8, 4) is 11.5 Å². The number of ether oxygens (including phenoxy) is 2. The van der Waals surface area contributed by atoms with Gasteiger partial charge in [0.1, 0.15) is 17.3 Å². The van der Waals surface area contributed by atoms with Crippen LogP contribution in [0.4, 0.5) is 11.5 Å². The second kappa shape index (κ2) is 10.0. The fourth-order valence-corrected chi connectivity index (χ4v) is 4.42. The first-order valence-corrected chi connectivity index (χ1v) is 11.5. The standard InChI is InChI=1S/C24H24N4O5S/c1-13-4-6-14(7-5-13)12-34-24-27-21-20(23(31)28-24)16(11-19(29)26-21)22(30)25-17-9-8-15(32-2)10-18(17)33-3/h4-10,16H,11-12H2,1-3H3,(H,25,30)(H2,26,27,28,29,31). The summed E-state index contributed by atoms with van der Waals surface area (Å²) >= 11 is 1.34. The number of nitrogens with zero attached hydrogens (tertiary/aromatic N) is 1. The monoisotopic (exact) mass is 480 g/mol. The molecule has 1 atom stereocenters. The number of rotatable bonds is 7. The Labute approximate surface area is 200 Å². The fourth-order valence-electron chi connectivity index (χ4n) is 3.60. The number of aromatic nitrogens is 2. The van der Waals surface area contributed by atoms with Crippen molar-refractivity contribution in [1.29, 1.82) is 0 Å². The molecule has 0 radical (unpaired) electrons. The van der Waals surface area contributed by atoms with Crippen LogP contribution in [0.15, 0.2) is 52.4 Å². The van der Waals surface area contributed by atoms with Gasteiger partial charge in [0.15, 0.2) is 5.16 Å². The van der Waals surface area contributed by atoms with Crippen LogP contribution < -0.4 is 25.7 Å². The Morgan fingerprint density at radius 1 is 1.15 bits per heavy atom. The topological polar surface area (TPSA) is 122 Å². The molecule has 0 saturated carbocycles. The molecule has 2 aromatic carbocycles. The van der Waals surface area contributed by atoms with E-state index in [0.717, 1.165) is 11.1 Å². The number of amides is 2. The van der Waals surface area contributed by atoms with Gasteiger partial charge in [-0.25, -0.2) is 4.98 Å². The van der Waals surface area contributed by atoms with E-state index in [1.807, 2.05) is 31.2 Å². The van der Waals surface area contributed by atoms with Crippen molar-refractivity contribution in [3.05, 3.63) is 69.5 Å². The van der Waals surface area contributed by atoms with E-state index in [0.29, 0.717) is 28.1 Å². The molecule has 4 rings (SSSR count). The summed E-state index contributed by atoms with van der Waals surface area (Å²) < 4.78 is 10.5. The summed E-state index contributed by atoms with van der Waals surface area (Å²) in [5.41, 5.74) is 2.30. The minimum Gasteiger partial charge on any atom is -0.497 e. The van der Waals surface area contributed by atoms with Crippen LogP contribution in [0.25, 0.3) is 0 Å². The molecule has 0 bridgehead atoms. The molecule has 1 aliphatic rings. The molecule has 3 aromatic rings. The van der Waals surface area contributed by atoms with E-state index in [2.05, 4.69) is 20.6 Å². The van der Waals surface area contributed by atoms with Gasteiger partial charge in [0.05, 0.1) is 31.4 Å². The first-order valence-electron chi connectivity index (χ1n) is 10.5. The Bertz CT molecular complexity index is 1290. The van der Waals surface area contributed by atoms with Gasteiger partial charge in [-0.2, -0.15) is 0 Å². The van der Waals surface area contributed by atoms with E-state index >= 15 is 0 Å². The third-order valence-electron chi connectivity index (χ3n) is 5.41.